The summed E-state index contributed by atoms with van der Waals surface area (Å²) in [5.74, 6) is 0.0565. The first kappa shape index (κ1) is 36.0. The van der Waals surface area contributed by atoms with Crippen LogP contribution in [0, 0.1) is 18.3 Å². The summed E-state index contributed by atoms with van der Waals surface area (Å²) >= 11 is 0. The Balaban J connectivity index is 0.000000606. The van der Waals surface area contributed by atoms with Crippen molar-refractivity contribution in [2.45, 2.75) is 117 Å². The van der Waals surface area contributed by atoms with Crippen molar-refractivity contribution < 1.29 is 24.9 Å². The third kappa shape index (κ3) is 7.51. The molecule has 7 heteroatoms. The molecule has 49 heavy (non-hydrogen) atoms. The minimum Gasteiger partial charge on any atom is -0.550 e. The first-order valence-corrected chi connectivity index (χ1v) is 17.7. The number of nitrogens with zero attached hydrogens (tertiary/aromatic N) is 2. The zero-order chi connectivity index (χ0) is 35.7. The molecule has 2 N–H and O–H groups in total. The molecule has 0 radical (unpaired) electrons. The molecule has 2 aliphatic heterocycles. The molecule has 1 atom stereocenters. The lowest BCUT2D eigenvalue weighted by molar-refractivity contribution is -0.316. The highest BCUT2D eigenvalue weighted by Crippen LogP contribution is 2.48. The number of rotatable bonds is 5. The highest BCUT2D eigenvalue weighted by atomic mass is 16.4. The van der Waals surface area contributed by atoms with Crippen LogP contribution in [0.1, 0.15) is 124 Å². The fourth-order valence-electron chi connectivity index (χ4n) is 7.58. The Bertz CT molecular complexity index is 1700. The van der Waals surface area contributed by atoms with E-state index in [4.69, 9.17) is 5.41 Å². The summed E-state index contributed by atoms with van der Waals surface area (Å²) in [4.78, 5) is 42.2. The Morgan fingerprint density at radius 2 is 1.45 bits per heavy atom. The smallest absolute Gasteiger partial charge is 0.321 e. The van der Waals surface area contributed by atoms with Gasteiger partial charge in [0.2, 0.25) is 0 Å². The number of hydrogen-bond acceptors (Lipinski definition) is 4. The molecule has 7 nitrogen and oxygen atoms in total. The molecule has 260 valence electrons. The second-order valence-electron chi connectivity index (χ2n) is 16.3. The van der Waals surface area contributed by atoms with Crippen LogP contribution < -0.4 is 10.5 Å². The fourth-order valence-corrected chi connectivity index (χ4v) is 7.58. The van der Waals surface area contributed by atoms with E-state index < -0.39 is 16.8 Å². The topological polar surface area (TPSA) is 106 Å². The van der Waals surface area contributed by atoms with Crippen molar-refractivity contribution in [1.82, 2.24) is 9.80 Å². The summed E-state index contributed by atoms with van der Waals surface area (Å²) in [5.41, 5.74) is 5.84. The molecule has 2 fully saturated rings. The molecule has 3 aromatic rings. The molecular weight excluding hydrogens is 610 g/mol. The SMILES string of the molecule is CC(C)(C)C(=O)[O-].Cc1ccc(C2(C3CCCCC3)CC(=[NH2+])N(Cc3ccc(C(C)(C)C)c(C(=O)N4Cc5ccccc5C4)c3)C2=O)cc1. The maximum Gasteiger partial charge on any atom is 0.321 e. The van der Waals surface area contributed by atoms with E-state index in [1.54, 1.807) is 25.7 Å². The van der Waals surface area contributed by atoms with Gasteiger partial charge in [-0.25, -0.2) is 4.79 Å². The van der Waals surface area contributed by atoms with Crippen molar-refractivity contribution in [2.24, 2.45) is 11.3 Å². The average molecular weight is 664 g/mol. The van der Waals surface area contributed by atoms with Crippen LogP contribution in [0.4, 0.5) is 0 Å². The van der Waals surface area contributed by atoms with Gasteiger partial charge in [-0.1, -0.05) is 127 Å². The van der Waals surface area contributed by atoms with Gasteiger partial charge >= 0.3 is 5.91 Å². The molecule has 1 aliphatic carbocycles. The standard InChI is InChI=1S/C37H43N3O2.C5H10O2/c1-25-14-17-30(18-15-25)37(29-12-6-5-7-13-29)21-33(38)40(35(37)42)22-26-16-19-32(36(2,3)4)31(20-26)34(41)39-23-27-10-8-9-11-28(27)24-39;1-5(2,3)4(6)7/h8-11,14-20,29,38H,5-7,12-13,21-24H2,1-4H3;1-3H3,(H,6,7). The molecule has 0 bridgehead atoms. The quantitative estimate of drug-likeness (QED) is 0.382. The fraction of sp³-hybridized carbons (Fsp3) is 0.476. The Kier molecular flexibility index (Phi) is 10.2. The molecule has 3 aliphatic rings. The molecule has 1 unspecified atom stereocenters. The number of aliphatic carboxylic acids is 1. The van der Waals surface area contributed by atoms with Gasteiger partial charge in [0.1, 0.15) is 12.0 Å². The molecule has 2 heterocycles. The lowest BCUT2D eigenvalue weighted by Gasteiger charge is -2.36. The van der Waals surface area contributed by atoms with Gasteiger partial charge in [0.05, 0.1) is 6.42 Å². The number of likely N-dealkylation sites (tertiary alicyclic amines) is 1. The van der Waals surface area contributed by atoms with E-state index in [0.717, 1.165) is 47.9 Å². The first-order valence-electron chi connectivity index (χ1n) is 17.7. The van der Waals surface area contributed by atoms with E-state index in [-0.39, 0.29) is 23.1 Å². The summed E-state index contributed by atoms with van der Waals surface area (Å²) in [7, 11) is 0. The van der Waals surface area contributed by atoms with Gasteiger partial charge in [-0.15, -0.1) is 0 Å². The third-order valence-electron chi connectivity index (χ3n) is 10.5. The van der Waals surface area contributed by atoms with Crippen molar-refractivity contribution >= 4 is 23.6 Å². The normalized spacial score (nSPS) is 19.8. The van der Waals surface area contributed by atoms with Crippen molar-refractivity contribution in [3.8, 4) is 0 Å². The number of amidine groups is 1. The zero-order valence-corrected chi connectivity index (χ0v) is 30.4. The second-order valence-corrected chi connectivity index (χ2v) is 16.3. The molecule has 1 saturated heterocycles. The van der Waals surface area contributed by atoms with Gasteiger partial charge < -0.3 is 14.8 Å². The minimum atomic E-state index is -1.01. The number of benzene rings is 3. The van der Waals surface area contributed by atoms with Crippen LogP contribution in [0.3, 0.4) is 0 Å². The monoisotopic (exact) mass is 663 g/mol. The van der Waals surface area contributed by atoms with Crippen LogP contribution in [0.5, 0.6) is 0 Å². The van der Waals surface area contributed by atoms with Crippen molar-refractivity contribution in [1.29, 1.82) is 0 Å². The average Bonchev–Trinajstić information content (AvgIpc) is 3.60. The lowest BCUT2D eigenvalue weighted by atomic mass is 9.64. The number of fused-ring (bicyclic) bond motifs is 1. The summed E-state index contributed by atoms with van der Waals surface area (Å²) in [6.07, 6.45) is 6.21. The number of nitrogens with two attached hydrogens (primary N) is 1. The number of carbonyl (C=O) groups excluding carboxylic acids is 3. The van der Waals surface area contributed by atoms with Crippen LogP contribution in [0.25, 0.3) is 0 Å². The predicted molar refractivity (Wildman–Crippen MR) is 191 cm³/mol. The van der Waals surface area contributed by atoms with Crippen LogP contribution in [0.2, 0.25) is 0 Å². The van der Waals surface area contributed by atoms with E-state index >= 15 is 0 Å². The van der Waals surface area contributed by atoms with Crippen LogP contribution in [-0.2, 0) is 40.1 Å². The zero-order valence-electron chi connectivity index (χ0n) is 30.4. The molecular formula is C42H53N3O4. The van der Waals surface area contributed by atoms with E-state index in [0.29, 0.717) is 31.9 Å². The number of aryl methyl sites for hydroxylation is 1. The summed E-state index contributed by atoms with van der Waals surface area (Å²) in [6, 6.07) is 23.0. The van der Waals surface area contributed by atoms with Crippen LogP contribution in [0.15, 0.2) is 66.7 Å². The minimum absolute atomic E-state index is 0.0406. The van der Waals surface area contributed by atoms with Gasteiger partial charge in [-0.2, -0.15) is 4.90 Å². The predicted octanol–water partition coefficient (Wildman–Crippen LogP) is 5.64. The molecule has 0 aromatic heterocycles. The third-order valence-corrected chi connectivity index (χ3v) is 10.5. The molecule has 1 saturated carbocycles. The molecule has 6 rings (SSSR count). The van der Waals surface area contributed by atoms with Crippen LogP contribution >= 0.6 is 0 Å². The number of hydrogen-bond donors (Lipinski definition) is 1. The Hall–Kier alpha value is -4.26. The number of carboxylic acid groups (broad SMARTS) is 1. The van der Waals surface area contributed by atoms with Crippen LogP contribution in [-0.4, -0.2) is 33.4 Å². The molecule has 2 amide bonds. The Morgan fingerprint density at radius 3 is 1.98 bits per heavy atom. The van der Waals surface area contributed by atoms with Gasteiger partial charge in [0, 0.05) is 30.0 Å². The Morgan fingerprint density at radius 1 is 0.878 bits per heavy atom. The lowest BCUT2D eigenvalue weighted by Crippen LogP contribution is -2.48. The van der Waals surface area contributed by atoms with Gasteiger partial charge in [0.15, 0.2) is 0 Å². The number of amides is 2. The highest BCUT2D eigenvalue weighted by molar-refractivity contribution is 6.09. The van der Waals surface area contributed by atoms with Crippen molar-refractivity contribution in [3.63, 3.8) is 0 Å². The summed E-state index contributed by atoms with van der Waals surface area (Å²) < 4.78 is 0. The van der Waals surface area contributed by atoms with E-state index in [1.165, 1.54) is 23.1 Å². The van der Waals surface area contributed by atoms with Crippen molar-refractivity contribution in [2.75, 3.05) is 0 Å². The Labute approximate surface area is 292 Å². The van der Waals surface area contributed by atoms with E-state index in [2.05, 4.69) is 76.2 Å². The summed E-state index contributed by atoms with van der Waals surface area (Å²) in [5, 5.41) is 16.7. The maximum absolute atomic E-state index is 14.6. The number of carboxylic acids is 1. The van der Waals surface area contributed by atoms with Gasteiger partial charge in [-0.3, -0.25) is 10.2 Å². The molecule has 3 aromatic carbocycles. The largest absolute Gasteiger partial charge is 0.550 e. The van der Waals surface area contributed by atoms with E-state index in [9.17, 15) is 19.5 Å². The second kappa shape index (κ2) is 13.9. The maximum atomic E-state index is 14.6. The molecule has 0 spiro atoms. The first-order chi connectivity index (χ1) is 23.0. The van der Waals surface area contributed by atoms with E-state index in [1.807, 2.05) is 23.1 Å². The van der Waals surface area contributed by atoms with Gasteiger partial charge in [-0.05, 0) is 65.0 Å². The van der Waals surface area contributed by atoms with Gasteiger partial charge in [0.25, 0.3) is 11.7 Å². The number of carbonyl (C=O) groups is 3. The summed E-state index contributed by atoms with van der Waals surface area (Å²) in [6.45, 7) is 14.9. The van der Waals surface area contributed by atoms with Crippen molar-refractivity contribution in [3.05, 3.63) is 106 Å². The highest BCUT2D eigenvalue weighted by Gasteiger charge is 2.59.